The molecule has 0 saturated carbocycles. The molecule has 18 heavy (non-hydrogen) atoms. The second-order valence-corrected chi connectivity index (χ2v) is 4.77. The van der Waals surface area contributed by atoms with Crippen molar-refractivity contribution in [2.24, 2.45) is 5.41 Å². The van der Waals surface area contributed by atoms with Gasteiger partial charge in [0.25, 0.3) is 0 Å². The van der Waals surface area contributed by atoms with E-state index in [4.69, 9.17) is 0 Å². The molecule has 0 aromatic carbocycles. The molecule has 0 amide bonds. The summed E-state index contributed by atoms with van der Waals surface area (Å²) in [6, 6.07) is 0. The topological polar surface area (TPSA) is 0 Å². The molecule has 0 aromatic rings. The Morgan fingerprint density at radius 2 is 1.72 bits per heavy atom. The quantitative estimate of drug-likeness (QED) is 0.582. The van der Waals surface area contributed by atoms with E-state index in [1.54, 1.807) is 6.08 Å². The van der Waals surface area contributed by atoms with Crippen LogP contribution in [0.15, 0.2) is 84.6 Å². The summed E-state index contributed by atoms with van der Waals surface area (Å²) in [5, 5.41) is 0. The zero-order chi connectivity index (χ0) is 13.8. The summed E-state index contributed by atoms with van der Waals surface area (Å²) in [6.07, 6.45) is 13.9. The maximum Gasteiger partial charge on any atom is 0.0158 e. The van der Waals surface area contributed by atoms with Gasteiger partial charge < -0.3 is 0 Å². The highest BCUT2D eigenvalue weighted by atomic mass is 14.4. The first kappa shape index (κ1) is 14.2. The molecule has 0 unspecified atom stereocenters. The van der Waals surface area contributed by atoms with Crippen molar-refractivity contribution in [1.29, 1.82) is 0 Å². The maximum absolute atomic E-state index is 3.95. The van der Waals surface area contributed by atoms with Crippen LogP contribution in [0.3, 0.4) is 0 Å². The van der Waals surface area contributed by atoms with E-state index >= 15 is 0 Å². The molecule has 0 spiro atoms. The summed E-state index contributed by atoms with van der Waals surface area (Å²) in [5.74, 6) is 0. The second-order valence-electron chi connectivity index (χ2n) is 4.77. The van der Waals surface area contributed by atoms with E-state index in [-0.39, 0.29) is 5.41 Å². The van der Waals surface area contributed by atoms with Crippen LogP contribution in [0.1, 0.15) is 20.8 Å². The van der Waals surface area contributed by atoms with Gasteiger partial charge in [-0.15, -0.1) is 0 Å². The molecule has 1 aliphatic carbocycles. The summed E-state index contributed by atoms with van der Waals surface area (Å²) in [5.41, 5.74) is 4.99. The van der Waals surface area contributed by atoms with Gasteiger partial charge in [0.1, 0.15) is 0 Å². The van der Waals surface area contributed by atoms with E-state index in [0.29, 0.717) is 0 Å². The van der Waals surface area contributed by atoms with Crippen LogP contribution in [0.25, 0.3) is 0 Å². The van der Waals surface area contributed by atoms with Gasteiger partial charge in [-0.05, 0) is 29.2 Å². The number of hydrogen-bond acceptors (Lipinski definition) is 0. The van der Waals surface area contributed by atoms with Crippen LogP contribution in [0.4, 0.5) is 0 Å². The van der Waals surface area contributed by atoms with Crippen molar-refractivity contribution in [2.75, 3.05) is 0 Å². The molecule has 0 bridgehead atoms. The molecule has 1 rings (SSSR count). The molecule has 0 heterocycles. The SMILES string of the molecule is C=C/C=C\C1=C(C=C)C(=C/C)/C(=C\C=C)C1(C)C. The van der Waals surface area contributed by atoms with Crippen LogP contribution >= 0.6 is 0 Å². The first-order valence-electron chi connectivity index (χ1n) is 6.21. The summed E-state index contributed by atoms with van der Waals surface area (Å²) >= 11 is 0. The molecule has 0 radical (unpaired) electrons. The molecular formula is C18H22. The van der Waals surface area contributed by atoms with Crippen LogP contribution in [-0.4, -0.2) is 0 Å². The molecule has 0 atom stereocenters. The molecule has 0 nitrogen and oxygen atoms in total. The Morgan fingerprint density at radius 1 is 1.06 bits per heavy atom. The van der Waals surface area contributed by atoms with Crippen molar-refractivity contribution in [3.63, 3.8) is 0 Å². The van der Waals surface area contributed by atoms with Gasteiger partial charge in [0, 0.05) is 5.41 Å². The minimum absolute atomic E-state index is 0.0287. The molecule has 0 fully saturated rings. The van der Waals surface area contributed by atoms with Crippen LogP contribution < -0.4 is 0 Å². The number of hydrogen-bond donors (Lipinski definition) is 0. The molecule has 0 saturated heterocycles. The van der Waals surface area contributed by atoms with Crippen molar-refractivity contribution in [3.8, 4) is 0 Å². The minimum atomic E-state index is -0.0287. The Bertz CT molecular complexity index is 488. The molecule has 0 N–H and O–H groups in total. The van der Waals surface area contributed by atoms with E-state index in [2.05, 4.69) is 58.7 Å². The Balaban J connectivity index is 3.55. The van der Waals surface area contributed by atoms with Crippen molar-refractivity contribution >= 4 is 0 Å². The van der Waals surface area contributed by atoms with E-state index in [1.807, 2.05) is 18.2 Å². The van der Waals surface area contributed by atoms with E-state index in [1.165, 1.54) is 22.3 Å². The third kappa shape index (κ3) is 2.24. The normalized spacial score (nSPS) is 23.1. The second kappa shape index (κ2) is 5.68. The summed E-state index contributed by atoms with van der Waals surface area (Å²) < 4.78 is 0. The van der Waals surface area contributed by atoms with Gasteiger partial charge in [-0.1, -0.05) is 76.1 Å². The van der Waals surface area contributed by atoms with Gasteiger partial charge in [0.05, 0.1) is 0 Å². The highest BCUT2D eigenvalue weighted by molar-refractivity contribution is 5.68. The Kier molecular flexibility index (Phi) is 4.49. The van der Waals surface area contributed by atoms with Gasteiger partial charge in [-0.3, -0.25) is 0 Å². The zero-order valence-electron chi connectivity index (χ0n) is 11.7. The fourth-order valence-corrected chi connectivity index (χ4v) is 2.52. The first-order valence-corrected chi connectivity index (χ1v) is 6.21. The molecule has 0 heteroatoms. The monoisotopic (exact) mass is 238 g/mol. The summed E-state index contributed by atoms with van der Waals surface area (Å²) in [4.78, 5) is 0. The van der Waals surface area contributed by atoms with Crippen molar-refractivity contribution < 1.29 is 0 Å². The fourth-order valence-electron chi connectivity index (χ4n) is 2.52. The van der Waals surface area contributed by atoms with E-state index in [9.17, 15) is 0 Å². The van der Waals surface area contributed by atoms with Gasteiger partial charge in [-0.25, -0.2) is 0 Å². The average Bonchev–Trinajstić information content (AvgIpc) is 2.55. The van der Waals surface area contributed by atoms with Crippen molar-refractivity contribution in [3.05, 3.63) is 84.6 Å². The van der Waals surface area contributed by atoms with Crippen LogP contribution in [0.5, 0.6) is 0 Å². The lowest BCUT2D eigenvalue weighted by molar-refractivity contribution is 0.578. The summed E-state index contributed by atoms with van der Waals surface area (Å²) in [7, 11) is 0. The van der Waals surface area contributed by atoms with Crippen molar-refractivity contribution in [2.45, 2.75) is 20.8 Å². The lowest BCUT2D eigenvalue weighted by Crippen LogP contribution is -2.12. The lowest BCUT2D eigenvalue weighted by Gasteiger charge is -2.23. The molecule has 0 aromatic heterocycles. The minimum Gasteiger partial charge on any atom is -0.0991 e. The Morgan fingerprint density at radius 3 is 2.17 bits per heavy atom. The standard InChI is InChI=1S/C18H22/c1-7-11-13-17-15(10-4)14(9-3)16(12-8-2)18(17,5)6/h7-13H,1-2,4H2,3,5-6H3/b13-11-,14-9-,16-12+. The lowest BCUT2D eigenvalue weighted by atomic mass is 9.80. The largest absolute Gasteiger partial charge is 0.0991 e. The van der Waals surface area contributed by atoms with E-state index < -0.39 is 0 Å². The third-order valence-electron chi connectivity index (χ3n) is 3.39. The molecule has 94 valence electrons. The van der Waals surface area contributed by atoms with Crippen molar-refractivity contribution in [1.82, 2.24) is 0 Å². The highest BCUT2D eigenvalue weighted by Crippen LogP contribution is 2.50. The summed E-state index contributed by atoms with van der Waals surface area (Å²) in [6.45, 7) is 18.0. The molecule has 1 aliphatic rings. The van der Waals surface area contributed by atoms with E-state index in [0.717, 1.165) is 0 Å². The molecule has 0 aliphatic heterocycles. The first-order chi connectivity index (χ1) is 8.54. The smallest absolute Gasteiger partial charge is 0.0158 e. The highest BCUT2D eigenvalue weighted by Gasteiger charge is 2.37. The fraction of sp³-hybridized carbons (Fsp3) is 0.222. The molecular weight excluding hydrogens is 216 g/mol. The van der Waals surface area contributed by atoms with Gasteiger partial charge in [-0.2, -0.15) is 0 Å². The van der Waals surface area contributed by atoms with Gasteiger partial charge in [0.2, 0.25) is 0 Å². The Hall–Kier alpha value is -1.82. The van der Waals surface area contributed by atoms with Crippen LogP contribution in [0.2, 0.25) is 0 Å². The number of rotatable bonds is 4. The van der Waals surface area contributed by atoms with Gasteiger partial charge in [0.15, 0.2) is 0 Å². The van der Waals surface area contributed by atoms with Gasteiger partial charge >= 0.3 is 0 Å². The number of allylic oxidation sites excluding steroid dienone is 11. The predicted molar refractivity (Wildman–Crippen MR) is 82.4 cm³/mol. The zero-order valence-corrected chi connectivity index (χ0v) is 11.7. The Labute approximate surface area is 111 Å². The third-order valence-corrected chi connectivity index (χ3v) is 3.39. The average molecular weight is 238 g/mol. The maximum atomic E-state index is 3.95. The van der Waals surface area contributed by atoms with Crippen LogP contribution in [-0.2, 0) is 0 Å². The van der Waals surface area contributed by atoms with Crippen LogP contribution in [0, 0.1) is 5.41 Å². The predicted octanol–water partition coefficient (Wildman–Crippen LogP) is 5.31.